The average molecular weight is 345 g/mol. The maximum Gasteiger partial charge on any atom is 0.258 e. The van der Waals surface area contributed by atoms with Crippen LogP contribution in [0.2, 0.25) is 0 Å². The van der Waals surface area contributed by atoms with Gasteiger partial charge in [-0.1, -0.05) is 22.8 Å². The van der Waals surface area contributed by atoms with E-state index in [0.29, 0.717) is 39.5 Å². The van der Waals surface area contributed by atoms with Gasteiger partial charge in [-0.05, 0) is 38.1 Å². The minimum atomic E-state index is -0.0287. The van der Waals surface area contributed by atoms with Gasteiger partial charge in [-0.3, -0.25) is 0 Å². The van der Waals surface area contributed by atoms with Crippen LogP contribution in [0.4, 0.5) is 0 Å². The van der Waals surface area contributed by atoms with Gasteiger partial charge in [0, 0.05) is 5.56 Å². The third-order valence-corrected chi connectivity index (χ3v) is 3.63. The van der Waals surface area contributed by atoms with Crippen molar-refractivity contribution >= 4 is 13.3 Å². The van der Waals surface area contributed by atoms with E-state index in [2.05, 4.69) is 16.2 Å². The van der Waals surface area contributed by atoms with E-state index in [0.717, 1.165) is 0 Å². The van der Waals surface area contributed by atoms with Gasteiger partial charge in [0.1, 0.15) is 25.4 Å². The first kappa shape index (κ1) is 17.6. The highest BCUT2D eigenvalue weighted by molar-refractivity contribution is 6.34. The first-order chi connectivity index (χ1) is 12.5. The number of rotatable bonds is 5. The zero-order chi connectivity index (χ0) is 18.7. The van der Waals surface area contributed by atoms with Crippen molar-refractivity contribution in [2.75, 3.05) is 7.11 Å². The summed E-state index contributed by atoms with van der Waals surface area (Å²) in [5, 5.41) is 13.4. The molecule has 3 aromatic rings. The maximum absolute atomic E-state index is 9.36. The lowest BCUT2D eigenvalue weighted by molar-refractivity contribution is 0.242. The number of nitrogens with zero attached hydrogens (tertiary/aromatic N) is 3. The van der Waals surface area contributed by atoms with Crippen LogP contribution in [0.1, 0.15) is 19.4 Å². The van der Waals surface area contributed by atoms with Crippen molar-refractivity contribution in [2.24, 2.45) is 0 Å². The number of hydrogen-bond acceptors (Lipinski definition) is 6. The minimum Gasteiger partial charge on any atom is -0.497 e. The lowest BCUT2D eigenvalue weighted by Gasteiger charge is -2.11. The Hall–Kier alpha value is -3.27. The van der Waals surface area contributed by atoms with Crippen LogP contribution < -0.4 is 14.9 Å². The Labute approximate surface area is 152 Å². The van der Waals surface area contributed by atoms with Crippen LogP contribution in [0.5, 0.6) is 11.5 Å². The fraction of sp³-hybridized carbons (Fsp3) is 0.211. The normalized spacial score (nSPS) is 10.6. The summed E-state index contributed by atoms with van der Waals surface area (Å²) in [4.78, 5) is 4.40. The summed E-state index contributed by atoms with van der Waals surface area (Å²) < 4.78 is 16.3. The van der Waals surface area contributed by atoms with Crippen LogP contribution in [0.25, 0.3) is 22.8 Å². The fourth-order valence-electron chi connectivity index (χ4n) is 2.52. The number of ether oxygens (including phenoxy) is 2. The van der Waals surface area contributed by atoms with E-state index < -0.39 is 0 Å². The Kier molecular flexibility index (Phi) is 4.94. The van der Waals surface area contributed by atoms with Gasteiger partial charge in [-0.15, -0.1) is 0 Å². The first-order valence-corrected chi connectivity index (χ1v) is 8.01. The minimum absolute atomic E-state index is 0.0287. The van der Waals surface area contributed by atoms with E-state index in [9.17, 15) is 5.26 Å². The maximum atomic E-state index is 9.36. The molecule has 0 unspecified atom stereocenters. The number of methoxy groups -OCH3 is 1. The Balaban J connectivity index is 1.99. The van der Waals surface area contributed by atoms with E-state index in [4.69, 9.17) is 21.8 Å². The molecule has 0 N–H and O–H groups in total. The summed E-state index contributed by atoms with van der Waals surface area (Å²) in [6.45, 7) is 3.80. The van der Waals surface area contributed by atoms with Gasteiger partial charge in [0.15, 0.2) is 0 Å². The number of benzene rings is 2. The molecule has 0 saturated carbocycles. The molecular formula is C19H16BN3O3. The van der Waals surface area contributed by atoms with Crippen LogP contribution >= 0.6 is 0 Å². The highest BCUT2D eigenvalue weighted by atomic mass is 16.5. The number of hydrogen-bond donors (Lipinski definition) is 0. The Morgan fingerprint density at radius 3 is 2.73 bits per heavy atom. The molecule has 2 aromatic carbocycles. The van der Waals surface area contributed by atoms with Gasteiger partial charge in [-0.2, -0.15) is 10.2 Å². The molecule has 0 aliphatic heterocycles. The van der Waals surface area contributed by atoms with E-state index >= 15 is 0 Å². The predicted octanol–water partition coefficient (Wildman–Crippen LogP) is 2.86. The topological polar surface area (TPSA) is 81.2 Å². The highest BCUT2D eigenvalue weighted by Gasteiger charge is 2.17. The molecule has 3 rings (SSSR count). The van der Waals surface area contributed by atoms with Crippen LogP contribution in [-0.2, 0) is 0 Å². The van der Waals surface area contributed by atoms with Crippen LogP contribution in [0.3, 0.4) is 0 Å². The number of nitriles is 1. The summed E-state index contributed by atoms with van der Waals surface area (Å²) in [5.41, 5.74) is 2.14. The van der Waals surface area contributed by atoms with Gasteiger partial charge < -0.3 is 14.0 Å². The molecule has 6 nitrogen and oxygen atoms in total. The van der Waals surface area contributed by atoms with Crippen LogP contribution in [-0.4, -0.2) is 31.2 Å². The first-order valence-electron chi connectivity index (χ1n) is 8.01. The van der Waals surface area contributed by atoms with Gasteiger partial charge in [-0.25, -0.2) is 0 Å². The summed E-state index contributed by atoms with van der Waals surface area (Å²) in [6.07, 6.45) is -0.0287. The smallest absolute Gasteiger partial charge is 0.258 e. The zero-order valence-electron chi connectivity index (χ0n) is 14.7. The molecule has 0 spiro atoms. The fourth-order valence-corrected chi connectivity index (χ4v) is 2.52. The predicted molar refractivity (Wildman–Crippen MR) is 97.6 cm³/mol. The quantitative estimate of drug-likeness (QED) is 0.662. The lowest BCUT2D eigenvalue weighted by atomic mass is 9.92. The molecule has 2 radical (unpaired) electrons. The summed E-state index contributed by atoms with van der Waals surface area (Å²) in [7, 11) is 7.45. The Bertz CT molecular complexity index is 976. The second kappa shape index (κ2) is 7.32. The highest BCUT2D eigenvalue weighted by Crippen LogP contribution is 2.30. The largest absolute Gasteiger partial charge is 0.497 e. The van der Waals surface area contributed by atoms with Gasteiger partial charge >= 0.3 is 0 Å². The van der Waals surface area contributed by atoms with Gasteiger partial charge in [0.25, 0.3) is 5.89 Å². The average Bonchev–Trinajstić information content (AvgIpc) is 3.11. The molecule has 128 valence electrons. The van der Waals surface area contributed by atoms with Crippen molar-refractivity contribution in [3.05, 3.63) is 42.0 Å². The molecule has 1 aromatic heterocycles. The number of aromatic nitrogens is 2. The molecule has 0 fully saturated rings. The van der Waals surface area contributed by atoms with E-state index in [1.165, 1.54) is 7.11 Å². The zero-order valence-corrected chi connectivity index (χ0v) is 14.7. The van der Waals surface area contributed by atoms with Gasteiger partial charge in [0.05, 0.1) is 24.3 Å². The summed E-state index contributed by atoms with van der Waals surface area (Å²) in [5.74, 6) is 1.64. The summed E-state index contributed by atoms with van der Waals surface area (Å²) in [6, 6.07) is 12.6. The van der Waals surface area contributed by atoms with Gasteiger partial charge in [0.2, 0.25) is 5.82 Å². The van der Waals surface area contributed by atoms with Crippen LogP contribution in [0, 0.1) is 11.3 Å². The number of para-hydroxylation sites is 1. The van der Waals surface area contributed by atoms with E-state index in [-0.39, 0.29) is 12.0 Å². The lowest BCUT2D eigenvalue weighted by Crippen LogP contribution is -2.08. The molecule has 0 aliphatic carbocycles. The molecule has 0 aliphatic rings. The monoisotopic (exact) mass is 345 g/mol. The summed E-state index contributed by atoms with van der Waals surface area (Å²) >= 11 is 0. The van der Waals surface area contributed by atoms with Crippen molar-refractivity contribution in [2.45, 2.75) is 20.0 Å². The molecule has 0 saturated heterocycles. The van der Waals surface area contributed by atoms with Crippen LogP contribution in [0.15, 0.2) is 40.9 Å². The standard InChI is InChI=1S/C19H16BN3O3/c1-11(2)25-16-8-7-12(9-13(16)10-21)19-22-18(23-26-19)14-5-4-6-15(20)17(14)24-3/h4-9,11H,1-3H3. The second-order valence-corrected chi connectivity index (χ2v) is 5.84. The van der Waals surface area contributed by atoms with Crippen molar-refractivity contribution < 1.29 is 14.0 Å². The molecule has 26 heavy (non-hydrogen) atoms. The van der Waals surface area contributed by atoms with Crippen molar-refractivity contribution in [1.82, 2.24) is 10.1 Å². The second-order valence-electron chi connectivity index (χ2n) is 5.84. The molecular weight excluding hydrogens is 329 g/mol. The molecule has 0 atom stereocenters. The van der Waals surface area contributed by atoms with Crippen molar-refractivity contribution in [3.63, 3.8) is 0 Å². The molecule has 0 amide bonds. The molecule has 0 bridgehead atoms. The Morgan fingerprint density at radius 1 is 1.23 bits per heavy atom. The van der Waals surface area contributed by atoms with E-state index in [1.807, 2.05) is 13.8 Å². The third kappa shape index (κ3) is 3.40. The third-order valence-electron chi connectivity index (χ3n) is 3.63. The van der Waals surface area contributed by atoms with Crippen molar-refractivity contribution in [3.8, 4) is 40.4 Å². The van der Waals surface area contributed by atoms with Crippen molar-refractivity contribution in [1.29, 1.82) is 5.26 Å². The Morgan fingerprint density at radius 2 is 2.04 bits per heavy atom. The molecule has 7 heteroatoms. The van der Waals surface area contributed by atoms with E-state index in [1.54, 1.807) is 36.4 Å². The molecule has 1 heterocycles. The SMILES string of the molecule is [B]c1cccc(-c2noc(-c3ccc(OC(C)C)c(C#N)c3)n2)c1OC.